The highest BCUT2D eigenvalue weighted by Crippen LogP contribution is 2.31. The number of hydrogen-bond acceptors (Lipinski definition) is 5. The molecule has 1 fully saturated rings. The second kappa shape index (κ2) is 9.03. The smallest absolute Gasteiger partial charge is 0.309 e. The van der Waals surface area contributed by atoms with Gasteiger partial charge in [-0.15, -0.1) is 0 Å². The fourth-order valence-corrected chi connectivity index (χ4v) is 5.39. The molecule has 1 aromatic heterocycles. The van der Waals surface area contributed by atoms with Crippen molar-refractivity contribution in [1.82, 2.24) is 14.1 Å². The maximum absolute atomic E-state index is 13.6. The van der Waals surface area contributed by atoms with E-state index in [1.54, 1.807) is 17.8 Å². The van der Waals surface area contributed by atoms with E-state index < -0.39 is 10.0 Å². The van der Waals surface area contributed by atoms with E-state index >= 15 is 0 Å². The first kappa shape index (κ1) is 21.3. The second-order valence-corrected chi connectivity index (χ2v) is 9.32. The van der Waals surface area contributed by atoms with Gasteiger partial charge in [-0.3, -0.25) is 4.79 Å². The molecule has 1 saturated heterocycles. The van der Waals surface area contributed by atoms with Crippen LogP contribution in [0, 0.1) is 5.92 Å². The average molecular weight is 440 g/mol. The maximum atomic E-state index is 13.6. The quantitative estimate of drug-likeness (QED) is 0.549. The van der Waals surface area contributed by atoms with Crippen LogP contribution in [0.2, 0.25) is 0 Å². The number of para-hydroxylation sites is 1. The van der Waals surface area contributed by atoms with E-state index in [9.17, 15) is 13.2 Å². The fraction of sp³-hybridized carbons (Fsp3) is 0.304. The van der Waals surface area contributed by atoms with Gasteiger partial charge in [-0.2, -0.15) is 9.40 Å². The van der Waals surface area contributed by atoms with Gasteiger partial charge in [0.15, 0.2) is 0 Å². The molecule has 0 bridgehead atoms. The Labute approximate surface area is 182 Å². The highest BCUT2D eigenvalue weighted by molar-refractivity contribution is 7.89. The van der Waals surface area contributed by atoms with Crippen LogP contribution < -0.4 is 0 Å². The summed E-state index contributed by atoms with van der Waals surface area (Å²) < 4.78 is 35.3. The summed E-state index contributed by atoms with van der Waals surface area (Å²) in [5.74, 6) is -0.506. The average Bonchev–Trinajstić information content (AvgIpc) is 3.27. The summed E-state index contributed by atoms with van der Waals surface area (Å²) in [5.41, 5.74) is 1.93. The van der Waals surface area contributed by atoms with Crippen molar-refractivity contribution >= 4 is 16.0 Å². The largest absolute Gasteiger partial charge is 0.466 e. The standard InChI is InChI=1S/C23H25N3O4S/c1-2-30-23(27)19-13-15-25(16-14-19)31(28,29)21-17-26(20-11-7-4-8-12-20)24-22(21)18-9-5-3-6-10-18/h3-12,17,19H,2,13-16H2,1H3. The molecular weight excluding hydrogens is 414 g/mol. The molecule has 1 aliphatic rings. The SMILES string of the molecule is CCOC(=O)C1CCN(S(=O)(=O)c2cn(-c3ccccc3)nc2-c2ccccc2)CC1. The van der Waals surface area contributed by atoms with E-state index in [1.807, 2.05) is 60.7 Å². The first-order valence-electron chi connectivity index (χ1n) is 10.4. The molecule has 2 aromatic carbocycles. The van der Waals surface area contributed by atoms with Crippen molar-refractivity contribution in [1.29, 1.82) is 0 Å². The summed E-state index contributed by atoms with van der Waals surface area (Å²) in [6.45, 7) is 2.65. The van der Waals surface area contributed by atoms with Gasteiger partial charge in [0.1, 0.15) is 10.6 Å². The monoisotopic (exact) mass is 439 g/mol. The van der Waals surface area contributed by atoms with Crippen molar-refractivity contribution in [3.8, 4) is 16.9 Å². The number of aromatic nitrogens is 2. The number of sulfonamides is 1. The Morgan fingerprint density at radius 2 is 1.65 bits per heavy atom. The number of carbonyl (C=O) groups is 1. The number of benzene rings is 2. The van der Waals surface area contributed by atoms with Gasteiger partial charge in [-0.05, 0) is 31.9 Å². The third-order valence-electron chi connectivity index (χ3n) is 5.44. The molecule has 0 amide bonds. The van der Waals surface area contributed by atoms with Crippen molar-refractivity contribution in [2.75, 3.05) is 19.7 Å². The zero-order valence-electron chi connectivity index (χ0n) is 17.3. The molecular formula is C23H25N3O4S. The Balaban J connectivity index is 1.68. The minimum Gasteiger partial charge on any atom is -0.466 e. The third-order valence-corrected chi connectivity index (χ3v) is 7.34. The molecule has 8 heteroatoms. The summed E-state index contributed by atoms with van der Waals surface area (Å²) in [5, 5.41) is 4.62. The number of piperidine rings is 1. The lowest BCUT2D eigenvalue weighted by Gasteiger charge is -2.29. The highest BCUT2D eigenvalue weighted by atomic mass is 32.2. The Hall–Kier alpha value is -2.97. The van der Waals surface area contributed by atoms with Crippen LogP contribution in [0.3, 0.4) is 0 Å². The van der Waals surface area contributed by atoms with Crippen LogP contribution in [-0.2, 0) is 19.6 Å². The molecule has 31 heavy (non-hydrogen) atoms. The van der Waals surface area contributed by atoms with Gasteiger partial charge in [0.05, 0.1) is 24.4 Å². The van der Waals surface area contributed by atoms with Crippen molar-refractivity contribution < 1.29 is 17.9 Å². The van der Waals surface area contributed by atoms with Crippen LogP contribution in [0.25, 0.3) is 16.9 Å². The number of ether oxygens (including phenoxy) is 1. The summed E-state index contributed by atoms with van der Waals surface area (Å²) in [6, 6.07) is 18.7. The number of esters is 1. The summed E-state index contributed by atoms with van der Waals surface area (Å²) in [6.07, 6.45) is 2.47. The molecule has 3 aromatic rings. The lowest BCUT2D eigenvalue weighted by Crippen LogP contribution is -2.40. The van der Waals surface area contributed by atoms with Gasteiger partial charge in [-0.25, -0.2) is 13.1 Å². The normalized spacial score (nSPS) is 15.6. The minimum absolute atomic E-state index is 0.164. The van der Waals surface area contributed by atoms with Crippen LogP contribution in [0.5, 0.6) is 0 Å². The molecule has 0 aliphatic carbocycles. The van der Waals surface area contributed by atoms with Gasteiger partial charge >= 0.3 is 5.97 Å². The zero-order chi connectivity index (χ0) is 21.8. The molecule has 1 aliphatic heterocycles. The summed E-state index contributed by atoms with van der Waals surface area (Å²) in [7, 11) is -3.79. The van der Waals surface area contributed by atoms with Gasteiger partial charge in [0.2, 0.25) is 10.0 Å². The molecule has 0 N–H and O–H groups in total. The molecule has 0 atom stereocenters. The molecule has 7 nitrogen and oxygen atoms in total. The Morgan fingerprint density at radius 1 is 1.03 bits per heavy atom. The van der Waals surface area contributed by atoms with E-state index in [0.717, 1.165) is 11.3 Å². The fourth-order valence-electron chi connectivity index (χ4n) is 3.79. The van der Waals surface area contributed by atoms with E-state index in [2.05, 4.69) is 5.10 Å². The molecule has 162 valence electrons. The number of nitrogens with zero attached hydrogens (tertiary/aromatic N) is 3. The van der Waals surface area contributed by atoms with Crippen LogP contribution in [-0.4, -0.2) is 48.2 Å². The van der Waals surface area contributed by atoms with Crippen molar-refractivity contribution in [2.45, 2.75) is 24.7 Å². The molecule has 0 unspecified atom stereocenters. The molecule has 0 saturated carbocycles. The third kappa shape index (κ3) is 4.40. The highest BCUT2D eigenvalue weighted by Gasteiger charge is 2.35. The predicted molar refractivity (Wildman–Crippen MR) is 117 cm³/mol. The summed E-state index contributed by atoms with van der Waals surface area (Å²) in [4.78, 5) is 12.2. The van der Waals surface area contributed by atoms with Crippen molar-refractivity contribution in [3.05, 3.63) is 66.9 Å². The van der Waals surface area contributed by atoms with Gasteiger partial charge in [0.25, 0.3) is 0 Å². The molecule has 2 heterocycles. The Bertz CT molecular complexity index is 1140. The van der Waals surface area contributed by atoms with Crippen molar-refractivity contribution in [2.24, 2.45) is 5.92 Å². The summed E-state index contributed by atoms with van der Waals surface area (Å²) >= 11 is 0. The topological polar surface area (TPSA) is 81.5 Å². The van der Waals surface area contributed by atoms with E-state index in [4.69, 9.17) is 4.74 Å². The second-order valence-electron chi connectivity index (χ2n) is 7.42. The minimum atomic E-state index is -3.79. The first-order chi connectivity index (χ1) is 15.0. The molecule has 0 spiro atoms. The maximum Gasteiger partial charge on any atom is 0.309 e. The number of rotatable bonds is 6. The Kier molecular flexibility index (Phi) is 6.20. The lowest BCUT2D eigenvalue weighted by molar-refractivity contribution is -0.149. The first-order valence-corrected chi connectivity index (χ1v) is 11.8. The van der Waals surface area contributed by atoms with Crippen LogP contribution in [0.4, 0.5) is 0 Å². The molecule has 0 radical (unpaired) electrons. The predicted octanol–water partition coefficient (Wildman–Crippen LogP) is 3.50. The van der Waals surface area contributed by atoms with Crippen LogP contribution in [0.1, 0.15) is 19.8 Å². The molecule has 4 rings (SSSR count). The van der Waals surface area contributed by atoms with Gasteiger partial charge in [-0.1, -0.05) is 48.5 Å². The zero-order valence-corrected chi connectivity index (χ0v) is 18.2. The van der Waals surface area contributed by atoms with Crippen molar-refractivity contribution in [3.63, 3.8) is 0 Å². The van der Waals surface area contributed by atoms with Crippen LogP contribution in [0.15, 0.2) is 71.8 Å². The van der Waals surface area contributed by atoms with Gasteiger partial charge in [0, 0.05) is 18.7 Å². The van der Waals surface area contributed by atoms with E-state index in [1.165, 1.54) is 4.31 Å². The lowest BCUT2D eigenvalue weighted by atomic mass is 9.98. The van der Waals surface area contributed by atoms with E-state index in [-0.39, 0.29) is 29.9 Å². The number of hydrogen-bond donors (Lipinski definition) is 0. The van der Waals surface area contributed by atoms with E-state index in [0.29, 0.717) is 25.1 Å². The Morgan fingerprint density at radius 3 is 2.26 bits per heavy atom. The number of carbonyl (C=O) groups excluding carboxylic acids is 1. The van der Waals surface area contributed by atoms with Crippen LogP contribution >= 0.6 is 0 Å². The van der Waals surface area contributed by atoms with Gasteiger partial charge < -0.3 is 4.74 Å².